The topological polar surface area (TPSA) is 36.3 Å². The second-order valence-corrected chi connectivity index (χ2v) is 5.92. The number of rotatable bonds is 7. The Morgan fingerprint density at radius 1 is 1.15 bits per heavy atom. The summed E-state index contributed by atoms with van der Waals surface area (Å²) in [5, 5.41) is 9.30. The molecule has 0 spiro atoms. The van der Waals surface area contributed by atoms with Crippen molar-refractivity contribution < 1.29 is 4.74 Å². The third-order valence-electron chi connectivity index (χ3n) is 3.52. The van der Waals surface area contributed by atoms with Gasteiger partial charge in [-0.15, -0.1) is 0 Å². The van der Waals surface area contributed by atoms with Crippen LogP contribution in [0.4, 0.5) is 0 Å². The highest BCUT2D eigenvalue weighted by Gasteiger charge is 2.25. The lowest BCUT2D eigenvalue weighted by atomic mass is 10.0. The van der Waals surface area contributed by atoms with E-state index in [1.165, 1.54) is 0 Å². The Kier molecular flexibility index (Phi) is 6.70. The Hall–Kier alpha value is -1.37. The van der Waals surface area contributed by atoms with Gasteiger partial charge in [-0.05, 0) is 38.9 Å². The summed E-state index contributed by atoms with van der Waals surface area (Å²) in [4.78, 5) is 2.13. The van der Waals surface area contributed by atoms with E-state index in [9.17, 15) is 5.26 Å². The smallest absolute Gasteiger partial charge is 0.145 e. The molecule has 0 unspecified atom stereocenters. The highest BCUT2D eigenvalue weighted by Crippen LogP contribution is 2.26. The van der Waals surface area contributed by atoms with Crippen LogP contribution in [-0.2, 0) is 4.74 Å². The van der Waals surface area contributed by atoms with Crippen LogP contribution in [0.5, 0.6) is 0 Å². The molecule has 0 N–H and O–H groups in total. The van der Waals surface area contributed by atoms with Crippen molar-refractivity contribution in [1.29, 1.82) is 5.26 Å². The minimum Gasteiger partial charge on any atom is -0.354 e. The molecule has 0 aliphatic heterocycles. The normalized spacial score (nSPS) is 15.9. The van der Waals surface area contributed by atoms with Gasteiger partial charge in [0.25, 0.3) is 0 Å². The molecule has 0 aromatic heterocycles. The zero-order valence-corrected chi connectivity index (χ0v) is 13.2. The molecule has 3 nitrogen and oxygen atoms in total. The number of nitriles is 1. The van der Waals surface area contributed by atoms with Crippen molar-refractivity contribution in [2.24, 2.45) is 5.92 Å². The first-order chi connectivity index (χ1) is 9.45. The van der Waals surface area contributed by atoms with Crippen LogP contribution < -0.4 is 0 Å². The fourth-order valence-corrected chi connectivity index (χ4v) is 2.13. The van der Waals surface area contributed by atoms with Crippen LogP contribution in [0, 0.1) is 17.2 Å². The van der Waals surface area contributed by atoms with Crippen LogP contribution in [0.1, 0.15) is 38.9 Å². The third kappa shape index (κ3) is 4.96. The molecule has 0 heterocycles. The van der Waals surface area contributed by atoms with Crippen LogP contribution in [0.15, 0.2) is 30.3 Å². The van der Waals surface area contributed by atoms with Crippen molar-refractivity contribution in [3.05, 3.63) is 35.9 Å². The summed E-state index contributed by atoms with van der Waals surface area (Å²) >= 11 is 0. The molecular weight excluding hydrogens is 248 g/mol. The van der Waals surface area contributed by atoms with Crippen LogP contribution in [-0.4, -0.2) is 31.1 Å². The lowest BCUT2D eigenvalue weighted by molar-refractivity contribution is -0.0323. The van der Waals surface area contributed by atoms with Crippen molar-refractivity contribution in [2.75, 3.05) is 14.1 Å². The first kappa shape index (κ1) is 16.7. The number of benzene rings is 1. The quantitative estimate of drug-likeness (QED) is 0.761. The molecule has 0 amide bonds. The van der Waals surface area contributed by atoms with E-state index in [-0.39, 0.29) is 18.2 Å². The predicted octanol–water partition coefficient (Wildman–Crippen LogP) is 3.63. The van der Waals surface area contributed by atoms with Crippen molar-refractivity contribution in [2.45, 2.75) is 45.4 Å². The Labute approximate surface area is 123 Å². The zero-order valence-electron chi connectivity index (χ0n) is 13.2. The van der Waals surface area contributed by atoms with E-state index in [4.69, 9.17) is 4.74 Å². The van der Waals surface area contributed by atoms with Gasteiger partial charge in [0.1, 0.15) is 6.10 Å². The minimum absolute atomic E-state index is 0.0883. The molecule has 3 heteroatoms. The molecule has 0 aliphatic carbocycles. The van der Waals surface area contributed by atoms with E-state index in [0.717, 1.165) is 12.0 Å². The monoisotopic (exact) mass is 274 g/mol. The summed E-state index contributed by atoms with van der Waals surface area (Å²) in [6.07, 6.45) is 0.317. The molecule has 20 heavy (non-hydrogen) atoms. The Bertz CT molecular complexity index is 422. The standard InChI is InChI=1S/C17H26N2O/c1-13(2)11-16(12-18)20-17(14(3)19(4)5)15-9-7-6-8-10-15/h6-10,13-14,16-17H,11H2,1-5H3/t14-,16+,17-/m0/s1. The number of hydrogen-bond acceptors (Lipinski definition) is 3. The fourth-order valence-electron chi connectivity index (χ4n) is 2.13. The number of nitrogens with zero attached hydrogens (tertiary/aromatic N) is 2. The summed E-state index contributed by atoms with van der Waals surface area (Å²) < 4.78 is 6.12. The summed E-state index contributed by atoms with van der Waals surface area (Å²) in [6.45, 7) is 6.35. The first-order valence-electron chi connectivity index (χ1n) is 7.22. The molecular formula is C17H26N2O. The predicted molar refractivity (Wildman–Crippen MR) is 82.3 cm³/mol. The molecule has 0 aliphatic rings. The molecule has 0 saturated heterocycles. The summed E-state index contributed by atoms with van der Waals surface area (Å²) in [6, 6.07) is 12.6. The SMILES string of the molecule is CC(C)C[C@H](C#N)O[C@H](c1ccccc1)[C@H](C)N(C)C. The molecule has 0 saturated carbocycles. The molecule has 1 rings (SSSR count). The maximum absolute atomic E-state index is 9.30. The van der Waals surface area contributed by atoms with Gasteiger partial charge >= 0.3 is 0 Å². The van der Waals surface area contributed by atoms with Gasteiger partial charge in [0.15, 0.2) is 0 Å². The molecule has 0 radical (unpaired) electrons. The van der Waals surface area contributed by atoms with Crippen molar-refractivity contribution in [1.82, 2.24) is 4.90 Å². The lowest BCUT2D eigenvalue weighted by Crippen LogP contribution is -2.34. The van der Waals surface area contributed by atoms with Crippen LogP contribution in [0.25, 0.3) is 0 Å². The molecule has 0 fully saturated rings. The van der Waals surface area contributed by atoms with Crippen LogP contribution in [0.3, 0.4) is 0 Å². The van der Waals surface area contributed by atoms with Gasteiger partial charge in [-0.2, -0.15) is 5.26 Å². The van der Waals surface area contributed by atoms with Gasteiger partial charge in [-0.3, -0.25) is 0 Å². The van der Waals surface area contributed by atoms with E-state index < -0.39 is 0 Å². The van der Waals surface area contributed by atoms with E-state index in [1.807, 2.05) is 32.3 Å². The van der Waals surface area contributed by atoms with E-state index in [0.29, 0.717) is 5.92 Å². The minimum atomic E-state index is -0.359. The van der Waals surface area contributed by atoms with Gasteiger partial charge in [0, 0.05) is 6.04 Å². The van der Waals surface area contributed by atoms with Crippen molar-refractivity contribution >= 4 is 0 Å². The van der Waals surface area contributed by atoms with Crippen molar-refractivity contribution in [3.63, 3.8) is 0 Å². The Balaban J connectivity index is 2.91. The van der Waals surface area contributed by atoms with Crippen molar-refractivity contribution in [3.8, 4) is 6.07 Å². The van der Waals surface area contributed by atoms with Crippen LogP contribution >= 0.6 is 0 Å². The summed E-state index contributed by atoms with van der Waals surface area (Å²) in [5.41, 5.74) is 1.12. The molecule has 3 atom stereocenters. The maximum atomic E-state index is 9.30. The highest BCUT2D eigenvalue weighted by molar-refractivity contribution is 5.19. The van der Waals surface area contributed by atoms with E-state index >= 15 is 0 Å². The number of likely N-dealkylation sites (N-methyl/N-ethyl adjacent to an activating group) is 1. The largest absolute Gasteiger partial charge is 0.354 e. The Morgan fingerprint density at radius 2 is 1.75 bits per heavy atom. The summed E-state index contributed by atoms with van der Waals surface area (Å²) in [7, 11) is 4.07. The third-order valence-corrected chi connectivity index (χ3v) is 3.52. The second-order valence-electron chi connectivity index (χ2n) is 5.92. The fraction of sp³-hybridized carbons (Fsp3) is 0.588. The first-order valence-corrected chi connectivity index (χ1v) is 7.22. The second kappa shape index (κ2) is 8.04. The average Bonchev–Trinajstić information content (AvgIpc) is 2.43. The zero-order chi connectivity index (χ0) is 15.1. The maximum Gasteiger partial charge on any atom is 0.145 e. The van der Waals surface area contributed by atoms with E-state index in [1.54, 1.807) is 0 Å². The lowest BCUT2D eigenvalue weighted by Gasteiger charge is -2.31. The van der Waals surface area contributed by atoms with Gasteiger partial charge in [-0.25, -0.2) is 0 Å². The van der Waals surface area contributed by atoms with E-state index in [2.05, 4.69) is 43.9 Å². The number of hydrogen-bond donors (Lipinski definition) is 0. The van der Waals surface area contributed by atoms with Gasteiger partial charge in [0.2, 0.25) is 0 Å². The Morgan fingerprint density at radius 3 is 2.20 bits per heavy atom. The molecule has 0 bridgehead atoms. The number of ether oxygens (including phenoxy) is 1. The van der Waals surface area contributed by atoms with Gasteiger partial charge in [-0.1, -0.05) is 44.2 Å². The average molecular weight is 274 g/mol. The van der Waals surface area contributed by atoms with Crippen LogP contribution in [0.2, 0.25) is 0 Å². The van der Waals surface area contributed by atoms with Gasteiger partial charge in [0.05, 0.1) is 12.2 Å². The molecule has 110 valence electrons. The highest BCUT2D eigenvalue weighted by atomic mass is 16.5. The molecule has 1 aromatic rings. The van der Waals surface area contributed by atoms with Gasteiger partial charge < -0.3 is 9.64 Å². The summed E-state index contributed by atoms with van der Waals surface area (Å²) in [5.74, 6) is 0.450. The molecule has 1 aromatic carbocycles.